The molecule has 0 spiro atoms. The molecule has 1 aliphatic heterocycles. The largest absolute Gasteiger partial charge is 0.489 e. The summed E-state index contributed by atoms with van der Waals surface area (Å²) in [6.45, 7) is 6.42. The number of nitro groups is 1. The quantitative estimate of drug-likeness (QED) is 0.628. The van der Waals surface area contributed by atoms with Gasteiger partial charge in [-0.05, 0) is 26.8 Å². The Labute approximate surface area is 128 Å². The summed E-state index contributed by atoms with van der Waals surface area (Å²) in [6, 6.07) is 6.07. The highest BCUT2D eigenvalue weighted by Crippen LogP contribution is 2.24. The maximum Gasteiger partial charge on any atom is 0.330 e. The van der Waals surface area contributed by atoms with Crippen LogP contribution in [0, 0.1) is 15.5 Å². The van der Waals surface area contributed by atoms with Crippen LogP contribution in [0.15, 0.2) is 24.3 Å². The Hall–Kier alpha value is -2.15. The summed E-state index contributed by atoms with van der Waals surface area (Å²) >= 11 is 0. The summed E-state index contributed by atoms with van der Waals surface area (Å²) in [4.78, 5) is 27.4. The third-order valence-electron chi connectivity index (χ3n) is 3.26. The summed E-state index contributed by atoms with van der Waals surface area (Å²) in [6.07, 6.45) is 0.537. The van der Waals surface area contributed by atoms with E-state index in [1.165, 1.54) is 12.1 Å². The molecule has 0 N–H and O–H groups in total. The molecule has 0 radical (unpaired) electrons. The van der Waals surface area contributed by atoms with Crippen molar-refractivity contribution in [2.45, 2.75) is 33.3 Å². The minimum atomic E-state index is -0.557. The lowest BCUT2D eigenvalue weighted by atomic mass is 9.98. The third-order valence-corrected chi connectivity index (χ3v) is 3.26. The summed E-state index contributed by atoms with van der Waals surface area (Å²) in [5.41, 5.74) is -0.564. The van der Waals surface area contributed by atoms with Gasteiger partial charge in [0.25, 0.3) is 5.69 Å². The number of hydroxylamine groups is 2. The molecule has 1 atom stereocenters. The Morgan fingerprint density at radius 3 is 2.77 bits per heavy atom. The zero-order valence-electron chi connectivity index (χ0n) is 12.9. The number of non-ortho nitro benzene ring substituents is 1. The lowest BCUT2D eigenvalue weighted by molar-refractivity contribution is -0.384. The van der Waals surface area contributed by atoms with Gasteiger partial charge in [0.15, 0.2) is 0 Å². The van der Waals surface area contributed by atoms with Gasteiger partial charge >= 0.3 is 5.97 Å². The monoisotopic (exact) mass is 308 g/mol. The Kier molecular flexibility index (Phi) is 4.65. The standard InChI is InChI=1S/C15H20N2O5/c1-15(2,3)14(18)22-16-8-7-13(10-16)21-12-6-4-5-11(9-12)17(19)20/h4-6,9,13H,7-8,10H2,1-3H3. The number of hydrogen-bond donors (Lipinski definition) is 0. The molecule has 1 aliphatic rings. The van der Waals surface area contributed by atoms with Crippen molar-refractivity contribution in [3.63, 3.8) is 0 Å². The summed E-state index contributed by atoms with van der Waals surface area (Å²) in [7, 11) is 0. The number of benzene rings is 1. The van der Waals surface area contributed by atoms with Gasteiger partial charge in [-0.1, -0.05) is 6.07 Å². The van der Waals surface area contributed by atoms with Gasteiger partial charge in [-0.25, -0.2) is 4.79 Å². The molecular formula is C15H20N2O5. The van der Waals surface area contributed by atoms with E-state index in [1.54, 1.807) is 38.0 Å². The van der Waals surface area contributed by atoms with Crippen LogP contribution >= 0.6 is 0 Å². The van der Waals surface area contributed by atoms with E-state index in [1.807, 2.05) is 0 Å². The van der Waals surface area contributed by atoms with Gasteiger partial charge < -0.3 is 9.57 Å². The topological polar surface area (TPSA) is 81.9 Å². The number of ether oxygens (including phenoxy) is 1. The first-order chi connectivity index (χ1) is 10.3. The van der Waals surface area contributed by atoms with E-state index in [2.05, 4.69) is 0 Å². The molecule has 0 aliphatic carbocycles. The maximum absolute atomic E-state index is 11.8. The second-order valence-corrected chi connectivity index (χ2v) is 6.30. The van der Waals surface area contributed by atoms with Crippen molar-refractivity contribution in [2.24, 2.45) is 5.41 Å². The fourth-order valence-corrected chi connectivity index (χ4v) is 1.99. The van der Waals surface area contributed by atoms with E-state index in [4.69, 9.17) is 9.57 Å². The predicted molar refractivity (Wildman–Crippen MR) is 79.2 cm³/mol. The molecule has 1 aromatic rings. The van der Waals surface area contributed by atoms with Crippen molar-refractivity contribution < 1.29 is 19.3 Å². The fourth-order valence-electron chi connectivity index (χ4n) is 1.99. The van der Waals surface area contributed by atoms with Crippen molar-refractivity contribution in [1.29, 1.82) is 0 Å². The van der Waals surface area contributed by atoms with Gasteiger partial charge in [0.2, 0.25) is 0 Å². The molecule has 1 aromatic carbocycles. The van der Waals surface area contributed by atoms with Crippen LogP contribution in [-0.2, 0) is 9.63 Å². The number of hydrogen-bond acceptors (Lipinski definition) is 6. The molecule has 1 saturated heterocycles. The van der Waals surface area contributed by atoms with Crippen molar-refractivity contribution in [3.05, 3.63) is 34.4 Å². The Morgan fingerprint density at radius 1 is 1.41 bits per heavy atom. The van der Waals surface area contributed by atoms with E-state index < -0.39 is 10.3 Å². The zero-order chi connectivity index (χ0) is 16.3. The number of nitrogens with zero attached hydrogens (tertiary/aromatic N) is 2. The molecule has 0 amide bonds. The summed E-state index contributed by atoms with van der Waals surface area (Å²) in [5.74, 6) is 0.159. The van der Waals surface area contributed by atoms with Gasteiger partial charge in [0.05, 0.1) is 22.9 Å². The lowest BCUT2D eigenvalue weighted by Gasteiger charge is -2.21. The number of carbonyl (C=O) groups excluding carboxylic acids is 1. The van der Waals surface area contributed by atoms with Crippen LogP contribution in [0.3, 0.4) is 0 Å². The van der Waals surface area contributed by atoms with Gasteiger partial charge in [-0.2, -0.15) is 0 Å². The van der Waals surface area contributed by atoms with Crippen LogP contribution in [0.5, 0.6) is 5.75 Å². The normalized spacial score (nSPS) is 19.0. The molecule has 7 nitrogen and oxygen atoms in total. The highest BCUT2D eigenvalue weighted by atomic mass is 16.7. The number of carbonyl (C=O) groups is 1. The molecule has 120 valence electrons. The summed E-state index contributed by atoms with van der Waals surface area (Å²) < 4.78 is 5.73. The average Bonchev–Trinajstić information content (AvgIpc) is 2.85. The van der Waals surface area contributed by atoms with E-state index in [0.29, 0.717) is 25.3 Å². The Bertz CT molecular complexity index is 567. The fraction of sp³-hybridized carbons (Fsp3) is 0.533. The molecule has 22 heavy (non-hydrogen) atoms. The van der Waals surface area contributed by atoms with Gasteiger partial charge in [0.1, 0.15) is 11.9 Å². The van der Waals surface area contributed by atoms with Gasteiger partial charge in [0, 0.05) is 19.0 Å². The molecule has 0 saturated carbocycles. The molecular weight excluding hydrogens is 288 g/mol. The van der Waals surface area contributed by atoms with Crippen LogP contribution < -0.4 is 4.74 Å². The highest BCUT2D eigenvalue weighted by Gasteiger charge is 2.31. The first kappa shape index (κ1) is 16.2. The second-order valence-electron chi connectivity index (χ2n) is 6.30. The average molecular weight is 308 g/mol. The Morgan fingerprint density at radius 2 is 2.14 bits per heavy atom. The van der Waals surface area contributed by atoms with Crippen LogP contribution in [-0.4, -0.2) is 35.1 Å². The molecule has 0 bridgehead atoms. The van der Waals surface area contributed by atoms with Crippen molar-refractivity contribution in [2.75, 3.05) is 13.1 Å². The van der Waals surface area contributed by atoms with Crippen LogP contribution in [0.4, 0.5) is 5.69 Å². The highest BCUT2D eigenvalue weighted by molar-refractivity contribution is 5.75. The SMILES string of the molecule is CC(C)(C)C(=O)ON1CCC(Oc2cccc([N+](=O)[O-])c2)C1. The van der Waals surface area contributed by atoms with Crippen LogP contribution in [0.2, 0.25) is 0 Å². The molecule has 2 rings (SSSR count). The van der Waals surface area contributed by atoms with Crippen molar-refractivity contribution in [1.82, 2.24) is 5.06 Å². The number of rotatable bonds is 4. The minimum Gasteiger partial charge on any atom is -0.489 e. The van der Waals surface area contributed by atoms with Crippen molar-refractivity contribution >= 4 is 11.7 Å². The van der Waals surface area contributed by atoms with Crippen LogP contribution in [0.25, 0.3) is 0 Å². The van der Waals surface area contributed by atoms with E-state index in [9.17, 15) is 14.9 Å². The molecule has 0 aromatic heterocycles. The second kappa shape index (κ2) is 6.31. The van der Waals surface area contributed by atoms with E-state index >= 15 is 0 Å². The molecule has 7 heteroatoms. The maximum atomic E-state index is 11.8. The minimum absolute atomic E-state index is 0.00786. The summed E-state index contributed by atoms with van der Waals surface area (Å²) in [5, 5.41) is 12.3. The van der Waals surface area contributed by atoms with E-state index in [0.717, 1.165) is 0 Å². The van der Waals surface area contributed by atoms with Crippen LogP contribution in [0.1, 0.15) is 27.2 Å². The first-order valence-electron chi connectivity index (χ1n) is 7.14. The zero-order valence-corrected chi connectivity index (χ0v) is 12.9. The van der Waals surface area contributed by atoms with Crippen molar-refractivity contribution in [3.8, 4) is 5.75 Å². The van der Waals surface area contributed by atoms with E-state index in [-0.39, 0.29) is 17.8 Å². The van der Waals surface area contributed by atoms with Gasteiger partial charge in [-0.15, -0.1) is 5.06 Å². The smallest absolute Gasteiger partial charge is 0.330 e. The predicted octanol–water partition coefficient (Wildman–Crippen LogP) is 2.55. The molecule has 1 heterocycles. The van der Waals surface area contributed by atoms with Gasteiger partial charge in [-0.3, -0.25) is 10.1 Å². The lowest BCUT2D eigenvalue weighted by Crippen LogP contribution is -2.33. The number of nitro benzene ring substituents is 1. The molecule has 1 fully saturated rings. The molecule has 1 unspecified atom stereocenters. The third kappa shape index (κ3) is 4.17. The Balaban J connectivity index is 1.90. The first-order valence-corrected chi connectivity index (χ1v) is 7.14.